The molecule has 1 amide bonds. The summed E-state index contributed by atoms with van der Waals surface area (Å²) in [5, 5.41) is 9.39. The molecule has 0 unspecified atom stereocenters. The van der Waals surface area contributed by atoms with Crippen molar-refractivity contribution < 1.29 is 4.79 Å². The summed E-state index contributed by atoms with van der Waals surface area (Å²) >= 11 is 0. The molecule has 0 saturated carbocycles. The Kier molecular flexibility index (Phi) is 4.57. The minimum atomic E-state index is -0.0545. The summed E-state index contributed by atoms with van der Waals surface area (Å²) in [5.41, 5.74) is 2.41. The number of piperazine rings is 1. The van der Waals surface area contributed by atoms with Gasteiger partial charge in [0.2, 0.25) is 5.91 Å². The Balaban J connectivity index is 1.86. The second kappa shape index (κ2) is 6.97. The fourth-order valence-corrected chi connectivity index (χ4v) is 2.81. The average molecular weight is 318 g/mol. The van der Waals surface area contributed by atoms with Gasteiger partial charge in [-0.1, -0.05) is 36.9 Å². The molecule has 1 saturated heterocycles. The Hall–Kier alpha value is -3.13. The van der Waals surface area contributed by atoms with Crippen molar-refractivity contribution in [2.24, 2.45) is 0 Å². The molecule has 1 aromatic carbocycles. The van der Waals surface area contributed by atoms with E-state index in [1.54, 1.807) is 4.90 Å². The van der Waals surface area contributed by atoms with Crippen molar-refractivity contribution in [2.75, 3.05) is 31.1 Å². The molecule has 3 rings (SSSR count). The zero-order chi connectivity index (χ0) is 16.9. The molecule has 0 bridgehead atoms. The van der Waals surface area contributed by atoms with Crippen molar-refractivity contribution in [3.63, 3.8) is 0 Å². The van der Waals surface area contributed by atoms with Crippen LogP contribution in [-0.2, 0) is 4.79 Å². The van der Waals surface area contributed by atoms with Gasteiger partial charge in [0.05, 0.1) is 11.3 Å². The van der Waals surface area contributed by atoms with Gasteiger partial charge in [0, 0.05) is 31.7 Å². The van der Waals surface area contributed by atoms with Crippen LogP contribution >= 0.6 is 0 Å². The largest absolute Gasteiger partial charge is 0.352 e. The van der Waals surface area contributed by atoms with E-state index in [0.717, 1.165) is 11.3 Å². The Morgan fingerprint density at radius 1 is 1.12 bits per heavy atom. The molecule has 0 aliphatic carbocycles. The van der Waals surface area contributed by atoms with Gasteiger partial charge in [-0.15, -0.1) is 0 Å². The summed E-state index contributed by atoms with van der Waals surface area (Å²) in [6.07, 6.45) is 1.34. The van der Waals surface area contributed by atoms with Crippen LogP contribution in [0, 0.1) is 11.3 Å². The molecule has 0 radical (unpaired) electrons. The van der Waals surface area contributed by atoms with E-state index in [1.165, 1.54) is 6.08 Å². The Bertz CT molecular complexity index is 787. The van der Waals surface area contributed by atoms with Crippen molar-refractivity contribution >= 4 is 11.7 Å². The van der Waals surface area contributed by atoms with E-state index < -0.39 is 0 Å². The summed E-state index contributed by atoms with van der Waals surface area (Å²) in [6.45, 7) is 6.04. The molecule has 120 valence electrons. The van der Waals surface area contributed by atoms with Crippen molar-refractivity contribution in [2.45, 2.75) is 0 Å². The number of nitriles is 1. The van der Waals surface area contributed by atoms with Crippen molar-refractivity contribution in [1.29, 1.82) is 5.26 Å². The molecular formula is C19H18N4O. The topological polar surface area (TPSA) is 60.2 Å². The number of pyridine rings is 1. The van der Waals surface area contributed by atoms with Crippen LogP contribution in [0.25, 0.3) is 11.3 Å². The average Bonchev–Trinajstić information content (AvgIpc) is 2.67. The summed E-state index contributed by atoms with van der Waals surface area (Å²) in [6, 6.07) is 15.8. The molecule has 24 heavy (non-hydrogen) atoms. The Morgan fingerprint density at radius 2 is 1.83 bits per heavy atom. The van der Waals surface area contributed by atoms with Crippen molar-refractivity contribution in [1.82, 2.24) is 9.88 Å². The molecule has 1 aliphatic rings. The number of anilines is 1. The normalized spacial score (nSPS) is 14.1. The number of hydrogen-bond donors (Lipinski definition) is 0. The molecule has 2 aromatic rings. The van der Waals surface area contributed by atoms with Gasteiger partial charge in [-0.3, -0.25) is 4.79 Å². The Labute approximate surface area is 141 Å². The molecular weight excluding hydrogens is 300 g/mol. The highest BCUT2D eigenvalue weighted by atomic mass is 16.2. The van der Waals surface area contributed by atoms with Gasteiger partial charge in [0.25, 0.3) is 0 Å². The first-order valence-corrected chi connectivity index (χ1v) is 7.86. The van der Waals surface area contributed by atoms with E-state index >= 15 is 0 Å². The monoisotopic (exact) mass is 318 g/mol. The van der Waals surface area contributed by atoms with Crippen molar-refractivity contribution in [3.8, 4) is 17.3 Å². The predicted molar refractivity (Wildman–Crippen MR) is 93.4 cm³/mol. The number of rotatable bonds is 3. The third-order valence-electron chi connectivity index (χ3n) is 4.13. The van der Waals surface area contributed by atoms with Gasteiger partial charge in [0.1, 0.15) is 11.9 Å². The quantitative estimate of drug-likeness (QED) is 0.816. The lowest BCUT2D eigenvalue weighted by Gasteiger charge is -2.35. The van der Waals surface area contributed by atoms with Crippen LogP contribution in [0.15, 0.2) is 55.1 Å². The van der Waals surface area contributed by atoms with Crippen LogP contribution in [0.4, 0.5) is 5.82 Å². The highest BCUT2D eigenvalue weighted by molar-refractivity contribution is 5.87. The lowest BCUT2D eigenvalue weighted by Crippen LogP contribution is -2.48. The van der Waals surface area contributed by atoms with Crippen LogP contribution in [0.1, 0.15) is 5.56 Å². The molecule has 0 spiro atoms. The first-order chi connectivity index (χ1) is 11.7. The number of aromatic nitrogens is 1. The van der Waals surface area contributed by atoms with Gasteiger partial charge < -0.3 is 9.80 Å². The standard InChI is InChI=1S/C19H18N4O/c1-2-18(24)22-10-12-23(13-11-22)19-16(14-20)8-9-17(21-19)15-6-4-3-5-7-15/h2-9H,1,10-13H2. The van der Waals surface area contributed by atoms with Gasteiger partial charge in [-0.05, 0) is 18.2 Å². The van der Waals surface area contributed by atoms with E-state index in [-0.39, 0.29) is 5.91 Å². The third-order valence-corrected chi connectivity index (χ3v) is 4.13. The summed E-state index contributed by atoms with van der Waals surface area (Å²) < 4.78 is 0. The minimum absolute atomic E-state index is 0.0545. The lowest BCUT2D eigenvalue weighted by molar-refractivity contribution is -0.126. The molecule has 0 N–H and O–H groups in total. The summed E-state index contributed by atoms with van der Waals surface area (Å²) in [7, 11) is 0. The van der Waals surface area contributed by atoms with Gasteiger partial charge in [0.15, 0.2) is 0 Å². The maximum absolute atomic E-state index is 11.7. The number of carbonyl (C=O) groups is 1. The highest BCUT2D eigenvalue weighted by Crippen LogP contribution is 2.24. The van der Waals surface area contributed by atoms with Gasteiger partial charge in [-0.2, -0.15) is 5.26 Å². The van der Waals surface area contributed by atoms with E-state index in [4.69, 9.17) is 4.98 Å². The highest BCUT2D eigenvalue weighted by Gasteiger charge is 2.22. The Morgan fingerprint density at radius 3 is 2.46 bits per heavy atom. The fourth-order valence-electron chi connectivity index (χ4n) is 2.81. The van der Waals surface area contributed by atoms with Crippen LogP contribution in [0.3, 0.4) is 0 Å². The fraction of sp³-hybridized carbons (Fsp3) is 0.211. The minimum Gasteiger partial charge on any atom is -0.352 e. The summed E-state index contributed by atoms with van der Waals surface area (Å²) in [4.78, 5) is 20.2. The number of nitrogens with zero attached hydrogens (tertiary/aromatic N) is 4. The van der Waals surface area contributed by atoms with Gasteiger partial charge in [-0.25, -0.2) is 4.98 Å². The smallest absolute Gasteiger partial charge is 0.246 e. The van der Waals surface area contributed by atoms with Crippen LogP contribution in [0.5, 0.6) is 0 Å². The number of hydrogen-bond acceptors (Lipinski definition) is 4. The van der Waals surface area contributed by atoms with Crippen LogP contribution < -0.4 is 4.90 Å². The van der Waals surface area contributed by atoms with Crippen LogP contribution in [-0.4, -0.2) is 42.0 Å². The van der Waals surface area contributed by atoms with E-state index in [2.05, 4.69) is 17.5 Å². The first-order valence-electron chi connectivity index (χ1n) is 7.86. The van der Waals surface area contributed by atoms with Gasteiger partial charge >= 0.3 is 0 Å². The lowest BCUT2D eigenvalue weighted by atomic mass is 10.1. The molecule has 1 fully saturated rings. The molecule has 2 heterocycles. The summed E-state index contributed by atoms with van der Waals surface area (Å²) in [5.74, 6) is 0.630. The second-order valence-corrected chi connectivity index (χ2v) is 5.56. The number of amides is 1. The maximum atomic E-state index is 11.7. The zero-order valence-electron chi connectivity index (χ0n) is 13.4. The molecule has 0 atom stereocenters. The van der Waals surface area contributed by atoms with E-state index in [0.29, 0.717) is 37.6 Å². The predicted octanol–water partition coefficient (Wildman–Crippen LogP) is 2.45. The zero-order valence-corrected chi connectivity index (χ0v) is 13.4. The molecule has 5 nitrogen and oxygen atoms in total. The van der Waals surface area contributed by atoms with E-state index in [1.807, 2.05) is 42.5 Å². The third kappa shape index (κ3) is 3.13. The van der Waals surface area contributed by atoms with Crippen molar-refractivity contribution in [3.05, 3.63) is 60.7 Å². The SMILES string of the molecule is C=CC(=O)N1CCN(c2nc(-c3ccccc3)ccc2C#N)CC1. The van der Waals surface area contributed by atoms with E-state index in [9.17, 15) is 10.1 Å². The molecule has 5 heteroatoms. The number of benzene rings is 1. The maximum Gasteiger partial charge on any atom is 0.246 e. The molecule has 1 aromatic heterocycles. The first kappa shape index (κ1) is 15.8. The molecule has 1 aliphatic heterocycles. The second-order valence-electron chi connectivity index (χ2n) is 5.56. The van der Waals surface area contributed by atoms with Crippen LogP contribution in [0.2, 0.25) is 0 Å². The number of carbonyl (C=O) groups excluding carboxylic acids is 1.